The van der Waals surface area contributed by atoms with Crippen LogP contribution in [0.25, 0.3) is 0 Å². The number of nitrogens with two attached hydrogens (primary N) is 1. The van der Waals surface area contributed by atoms with Crippen LogP contribution in [0, 0.1) is 23.2 Å². The van der Waals surface area contributed by atoms with Gasteiger partial charge in [-0.3, -0.25) is 4.79 Å². The summed E-state index contributed by atoms with van der Waals surface area (Å²) >= 11 is 0. The monoisotopic (exact) mass is 236 g/mol. The Kier molecular flexibility index (Phi) is 2.89. The molecule has 1 amide bonds. The largest absolute Gasteiger partial charge is 0.355 e. The summed E-state index contributed by atoms with van der Waals surface area (Å²) in [6.45, 7) is 1.54. The van der Waals surface area contributed by atoms with Crippen LogP contribution in [0.2, 0.25) is 0 Å². The van der Waals surface area contributed by atoms with Gasteiger partial charge >= 0.3 is 0 Å². The number of carbonyl (C=O) groups excluding carboxylic acids is 1. The van der Waals surface area contributed by atoms with Gasteiger partial charge in [-0.15, -0.1) is 0 Å². The summed E-state index contributed by atoms with van der Waals surface area (Å²) < 4.78 is 0. The van der Waals surface area contributed by atoms with Gasteiger partial charge in [0.1, 0.15) is 0 Å². The molecule has 2 unspecified atom stereocenters. The predicted octanol–water partition coefficient (Wildman–Crippen LogP) is 1.67. The third-order valence-electron chi connectivity index (χ3n) is 5.35. The van der Waals surface area contributed by atoms with Crippen molar-refractivity contribution in [2.45, 2.75) is 44.9 Å². The van der Waals surface area contributed by atoms with Crippen molar-refractivity contribution in [2.75, 3.05) is 13.1 Å². The molecule has 3 aliphatic carbocycles. The highest BCUT2D eigenvalue weighted by molar-refractivity contribution is 5.79. The molecule has 0 aromatic heterocycles. The minimum absolute atomic E-state index is 0.219. The highest BCUT2D eigenvalue weighted by Gasteiger charge is 2.48. The summed E-state index contributed by atoms with van der Waals surface area (Å²) in [6, 6.07) is 0. The molecule has 3 aliphatic rings. The van der Waals surface area contributed by atoms with E-state index in [1.807, 2.05) is 0 Å². The second-order valence-corrected chi connectivity index (χ2v) is 6.55. The van der Waals surface area contributed by atoms with Crippen LogP contribution in [0.5, 0.6) is 0 Å². The fourth-order valence-corrected chi connectivity index (χ4v) is 3.93. The number of fused-ring (bicyclic) bond motifs is 1. The summed E-state index contributed by atoms with van der Waals surface area (Å²) in [4.78, 5) is 12.1. The van der Waals surface area contributed by atoms with Crippen LogP contribution in [0.15, 0.2) is 0 Å². The zero-order valence-electron chi connectivity index (χ0n) is 10.6. The first kappa shape index (κ1) is 11.5. The lowest BCUT2D eigenvalue weighted by Gasteiger charge is -2.28. The Balaban J connectivity index is 1.48. The van der Waals surface area contributed by atoms with E-state index in [0.29, 0.717) is 11.8 Å². The van der Waals surface area contributed by atoms with Crippen molar-refractivity contribution >= 4 is 5.91 Å². The van der Waals surface area contributed by atoms with Crippen molar-refractivity contribution in [3.05, 3.63) is 0 Å². The molecular weight excluding hydrogens is 212 g/mol. The van der Waals surface area contributed by atoms with Crippen LogP contribution in [-0.4, -0.2) is 19.0 Å². The van der Waals surface area contributed by atoms with Crippen LogP contribution < -0.4 is 11.1 Å². The summed E-state index contributed by atoms with van der Waals surface area (Å²) in [7, 11) is 0. The lowest BCUT2D eigenvalue weighted by Crippen LogP contribution is -2.42. The van der Waals surface area contributed by atoms with Gasteiger partial charge in [0.25, 0.3) is 0 Å². The van der Waals surface area contributed by atoms with E-state index in [-0.39, 0.29) is 5.41 Å². The maximum atomic E-state index is 12.1. The summed E-state index contributed by atoms with van der Waals surface area (Å²) in [6.07, 6.45) is 8.62. The molecule has 3 N–H and O–H groups in total. The van der Waals surface area contributed by atoms with Crippen LogP contribution in [-0.2, 0) is 4.79 Å². The van der Waals surface area contributed by atoms with Gasteiger partial charge in [0.15, 0.2) is 0 Å². The van der Waals surface area contributed by atoms with E-state index >= 15 is 0 Å². The highest BCUT2D eigenvalue weighted by Crippen LogP contribution is 2.54. The molecular formula is C14H24N2O. The van der Waals surface area contributed by atoms with Crippen LogP contribution in [0.3, 0.4) is 0 Å². The van der Waals surface area contributed by atoms with Gasteiger partial charge in [0, 0.05) is 12.5 Å². The Hall–Kier alpha value is -0.570. The van der Waals surface area contributed by atoms with E-state index in [4.69, 9.17) is 5.73 Å². The van der Waals surface area contributed by atoms with Crippen molar-refractivity contribution in [1.82, 2.24) is 5.32 Å². The minimum atomic E-state index is 0.219. The lowest BCUT2D eigenvalue weighted by atomic mass is 9.86. The molecule has 0 heterocycles. The predicted molar refractivity (Wildman–Crippen MR) is 67.3 cm³/mol. The molecule has 2 atom stereocenters. The average Bonchev–Trinajstić information content (AvgIpc) is 2.82. The number of amides is 1. The van der Waals surface area contributed by atoms with Crippen molar-refractivity contribution in [3.8, 4) is 0 Å². The third-order valence-corrected chi connectivity index (χ3v) is 5.35. The van der Waals surface area contributed by atoms with Gasteiger partial charge in [0.2, 0.25) is 5.91 Å². The molecule has 0 aromatic rings. The number of hydrogen-bond acceptors (Lipinski definition) is 2. The van der Waals surface area contributed by atoms with Crippen LogP contribution in [0.1, 0.15) is 44.9 Å². The zero-order valence-corrected chi connectivity index (χ0v) is 10.6. The Morgan fingerprint density at radius 1 is 1.18 bits per heavy atom. The first-order chi connectivity index (χ1) is 8.22. The van der Waals surface area contributed by atoms with Crippen LogP contribution in [0.4, 0.5) is 0 Å². The summed E-state index contributed by atoms with van der Waals surface area (Å²) in [5, 5.41) is 3.18. The Morgan fingerprint density at radius 3 is 2.41 bits per heavy atom. The molecule has 3 fully saturated rings. The van der Waals surface area contributed by atoms with E-state index in [1.165, 1.54) is 32.1 Å². The fraction of sp³-hybridized carbons (Fsp3) is 0.929. The lowest BCUT2D eigenvalue weighted by molar-refractivity contribution is -0.125. The third kappa shape index (κ3) is 2.22. The quantitative estimate of drug-likeness (QED) is 0.780. The van der Waals surface area contributed by atoms with Gasteiger partial charge in [0.05, 0.1) is 0 Å². The molecule has 3 nitrogen and oxygen atoms in total. The number of nitrogens with one attached hydrogen (secondary N) is 1. The molecule has 17 heavy (non-hydrogen) atoms. The standard InChI is InChI=1S/C14H24N2O/c15-8-14(3-1-2-4-14)9-16-13(17)12-6-10-5-11(10)7-12/h10-12H,1-9,15H2,(H,16,17). The van der Waals surface area contributed by atoms with E-state index in [1.54, 1.807) is 0 Å². The molecule has 0 aromatic carbocycles. The topological polar surface area (TPSA) is 55.1 Å². The van der Waals surface area contributed by atoms with Gasteiger partial charge in [-0.25, -0.2) is 0 Å². The fourth-order valence-electron chi connectivity index (χ4n) is 3.93. The molecule has 0 saturated heterocycles. The normalized spacial score (nSPS) is 37.8. The van der Waals surface area contributed by atoms with Gasteiger partial charge in [-0.05, 0) is 55.9 Å². The SMILES string of the molecule is NCC1(CNC(=O)C2CC3CC3C2)CCCC1. The van der Waals surface area contributed by atoms with Gasteiger partial charge in [-0.2, -0.15) is 0 Å². The second kappa shape index (κ2) is 4.27. The summed E-state index contributed by atoms with van der Waals surface area (Å²) in [5.41, 5.74) is 6.11. The molecule has 3 rings (SSSR count). The van der Waals surface area contributed by atoms with Crippen molar-refractivity contribution in [1.29, 1.82) is 0 Å². The highest BCUT2D eigenvalue weighted by atomic mass is 16.1. The maximum Gasteiger partial charge on any atom is 0.223 e. The Morgan fingerprint density at radius 2 is 1.82 bits per heavy atom. The van der Waals surface area contributed by atoms with E-state index < -0.39 is 0 Å². The Bertz CT molecular complexity index is 299. The smallest absolute Gasteiger partial charge is 0.223 e. The zero-order chi connectivity index (χ0) is 11.9. The maximum absolute atomic E-state index is 12.1. The molecule has 3 saturated carbocycles. The van der Waals surface area contributed by atoms with Gasteiger partial charge in [-0.1, -0.05) is 12.8 Å². The minimum Gasteiger partial charge on any atom is -0.355 e. The summed E-state index contributed by atoms with van der Waals surface area (Å²) in [5.74, 6) is 2.40. The van der Waals surface area contributed by atoms with Crippen LogP contribution >= 0.6 is 0 Å². The van der Waals surface area contributed by atoms with Crippen molar-refractivity contribution in [2.24, 2.45) is 28.9 Å². The molecule has 0 radical (unpaired) electrons. The van der Waals surface area contributed by atoms with E-state index in [0.717, 1.165) is 37.8 Å². The average molecular weight is 236 g/mol. The van der Waals surface area contributed by atoms with Gasteiger partial charge < -0.3 is 11.1 Å². The molecule has 0 spiro atoms. The molecule has 0 bridgehead atoms. The first-order valence-electron chi connectivity index (χ1n) is 7.20. The first-order valence-corrected chi connectivity index (χ1v) is 7.20. The second-order valence-electron chi connectivity index (χ2n) is 6.55. The number of carbonyl (C=O) groups is 1. The van der Waals surface area contributed by atoms with Crippen molar-refractivity contribution < 1.29 is 4.79 Å². The number of rotatable bonds is 4. The Labute approximate surface area is 104 Å². The molecule has 3 heteroatoms. The van der Waals surface area contributed by atoms with Crippen molar-refractivity contribution in [3.63, 3.8) is 0 Å². The van der Waals surface area contributed by atoms with E-state index in [9.17, 15) is 4.79 Å². The molecule has 0 aliphatic heterocycles. The number of hydrogen-bond donors (Lipinski definition) is 2. The molecule has 96 valence electrons. The van der Waals surface area contributed by atoms with E-state index in [2.05, 4.69) is 5.32 Å².